The van der Waals surface area contributed by atoms with Gasteiger partial charge in [0, 0.05) is 19.3 Å². The summed E-state index contributed by atoms with van der Waals surface area (Å²) in [6.07, 6.45) is 0. The first-order chi connectivity index (χ1) is 10.8. The molecule has 0 fully saturated rings. The molecule has 2 N–H and O–H groups in total. The zero-order chi connectivity index (χ0) is 15.6. The number of carbonyl (C=O) groups excluding carboxylic acids is 1. The van der Waals surface area contributed by atoms with Gasteiger partial charge in [0.1, 0.15) is 5.00 Å². The molecule has 2 rings (SSSR count). The van der Waals surface area contributed by atoms with E-state index in [9.17, 15) is 4.79 Å². The molecule has 7 heteroatoms. The summed E-state index contributed by atoms with van der Waals surface area (Å²) in [4.78, 5) is 16.2. The van der Waals surface area contributed by atoms with Crippen molar-refractivity contribution in [3.05, 3.63) is 41.5 Å². The van der Waals surface area contributed by atoms with Crippen molar-refractivity contribution in [2.75, 3.05) is 38.8 Å². The number of rotatable bonds is 9. The molecule has 0 aliphatic heterocycles. The van der Waals surface area contributed by atoms with Gasteiger partial charge < -0.3 is 20.1 Å². The van der Waals surface area contributed by atoms with Crippen LogP contribution >= 0.6 is 11.3 Å². The molecule has 0 aliphatic carbocycles. The molecule has 0 aliphatic rings. The van der Waals surface area contributed by atoms with Crippen LogP contribution in [0.4, 0.5) is 10.7 Å². The summed E-state index contributed by atoms with van der Waals surface area (Å²) in [6, 6.07) is 9.67. The van der Waals surface area contributed by atoms with Crippen LogP contribution in [0.5, 0.6) is 0 Å². The lowest BCUT2D eigenvalue weighted by Gasteiger charge is -2.07. The van der Waals surface area contributed by atoms with Gasteiger partial charge in [-0.2, -0.15) is 0 Å². The Kier molecular flexibility index (Phi) is 6.82. The van der Waals surface area contributed by atoms with E-state index >= 15 is 0 Å². The predicted octanol–water partition coefficient (Wildman–Crippen LogP) is 2.28. The van der Waals surface area contributed by atoms with Crippen LogP contribution < -0.4 is 10.6 Å². The summed E-state index contributed by atoms with van der Waals surface area (Å²) < 4.78 is 10.2. The zero-order valence-corrected chi connectivity index (χ0v) is 13.2. The lowest BCUT2D eigenvalue weighted by atomic mass is 10.3. The van der Waals surface area contributed by atoms with Crippen LogP contribution in [0.25, 0.3) is 0 Å². The number of nitrogens with zero attached hydrogens (tertiary/aromatic N) is 1. The Labute approximate surface area is 133 Å². The number of ether oxygens (including phenoxy) is 2. The van der Waals surface area contributed by atoms with E-state index in [1.807, 2.05) is 30.3 Å². The molecular weight excluding hydrogens is 302 g/mol. The van der Waals surface area contributed by atoms with Crippen LogP contribution in [0.3, 0.4) is 0 Å². The number of aromatic nitrogens is 1. The van der Waals surface area contributed by atoms with Gasteiger partial charge in [-0.15, -0.1) is 11.3 Å². The third-order valence-electron chi connectivity index (χ3n) is 2.78. The highest BCUT2D eigenvalue weighted by Gasteiger charge is 2.14. The second kappa shape index (κ2) is 9.14. The Hall–Kier alpha value is -1.96. The van der Waals surface area contributed by atoms with Crippen LogP contribution in [-0.4, -0.2) is 44.4 Å². The highest BCUT2D eigenvalue weighted by molar-refractivity contribution is 7.14. The Balaban J connectivity index is 1.82. The summed E-state index contributed by atoms with van der Waals surface area (Å²) in [7, 11) is 1.62. The summed E-state index contributed by atoms with van der Waals surface area (Å²) in [6.45, 7) is 1.95. The van der Waals surface area contributed by atoms with Gasteiger partial charge in [-0.3, -0.25) is 4.79 Å². The van der Waals surface area contributed by atoms with E-state index < -0.39 is 0 Å². The van der Waals surface area contributed by atoms with E-state index in [-0.39, 0.29) is 5.91 Å². The van der Waals surface area contributed by atoms with Crippen LogP contribution in [0.2, 0.25) is 0 Å². The highest BCUT2D eigenvalue weighted by atomic mass is 32.1. The zero-order valence-electron chi connectivity index (χ0n) is 12.4. The first kappa shape index (κ1) is 16.4. The number of nitrogens with one attached hydrogen (secondary N) is 2. The smallest absolute Gasteiger partial charge is 0.273 e. The largest absolute Gasteiger partial charge is 0.382 e. The Morgan fingerprint density at radius 1 is 1.23 bits per heavy atom. The quantitative estimate of drug-likeness (QED) is 0.693. The van der Waals surface area contributed by atoms with E-state index in [1.165, 1.54) is 11.3 Å². The molecular formula is C15H19N3O3S. The van der Waals surface area contributed by atoms with Gasteiger partial charge in [0.05, 0.1) is 25.3 Å². The molecule has 0 atom stereocenters. The maximum absolute atomic E-state index is 12.1. The summed E-state index contributed by atoms with van der Waals surface area (Å²) >= 11 is 1.39. The number of amides is 1. The van der Waals surface area contributed by atoms with Crippen molar-refractivity contribution in [1.29, 1.82) is 0 Å². The molecule has 6 nitrogen and oxygen atoms in total. The number of carbonyl (C=O) groups is 1. The van der Waals surface area contributed by atoms with Crippen LogP contribution in [0, 0.1) is 0 Å². The third kappa shape index (κ3) is 5.10. The van der Waals surface area contributed by atoms with Crippen molar-refractivity contribution in [3.63, 3.8) is 0 Å². The van der Waals surface area contributed by atoms with Gasteiger partial charge in [0.25, 0.3) is 5.91 Å². The minimum Gasteiger partial charge on any atom is -0.382 e. The van der Waals surface area contributed by atoms with E-state index in [0.29, 0.717) is 32.1 Å². The fraction of sp³-hybridized carbons (Fsp3) is 0.333. The minimum atomic E-state index is -0.213. The first-order valence-corrected chi connectivity index (χ1v) is 7.79. The normalized spacial score (nSPS) is 10.4. The molecule has 0 unspecified atom stereocenters. The van der Waals surface area contributed by atoms with Gasteiger partial charge in [0.15, 0.2) is 5.69 Å². The van der Waals surface area contributed by atoms with Gasteiger partial charge >= 0.3 is 0 Å². The molecule has 1 aromatic carbocycles. The molecule has 2 aromatic rings. The van der Waals surface area contributed by atoms with Gasteiger partial charge in [-0.25, -0.2) is 4.98 Å². The predicted molar refractivity (Wildman–Crippen MR) is 86.9 cm³/mol. The molecule has 0 saturated carbocycles. The number of thiazole rings is 1. The minimum absolute atomic E-state index is 0.213. The lowest BCUT2D eigenvalue weighted by Crippen LogP contribution is -2.28. The van der Waals surface area contributed by atoms with E-state index in [1.54, 1.807) is 12.6 Å². The Morgan fingerprint density at radius 2 is 2.05 bits per heavy atom. The molecule has 118 valence electrons. The third-order valence-corrected chi connectivity index (χ3v) is 3.52. The standard InChI is InChI=1S/C15H19N3O3S/c1-20-9-10-21-8-7-16-14(19)13-15(22-11-17-13)18-12-5-3-2-4-6-12/h2-6,11,18H,7-10H2,1H3,(H,16,19). The van der Waals surface area contributed by atoms with Crippen molar-refractivity contribution < 1.29 is 14.3 Å². The Bertz CT molecular complexity index is 574. The van der Waals surface area contributed by atoms with Crippen molar-refractivity contribution in [2.24, 2.45) is 0 Å². The average Bonchev–Trinajstić information content (AvgIpc) is 3.00. The van der Waals surface area contributed by atoms with E-state index in [4.69, 9.17) is 9.47 Å². The topological polar surface area (TPSA) is 72.5 Å². The summed E-state index contributed by atoms with van der Waals surface area (Å²) in [5.74, 6) is -0.213. The molecule has 0 spiro atoms. The SMILES string of the molecule is COCCOCCNC(=O)c1ncsc1Nc1ccccc1. The molecule has 0 radical (unpaired) electrons. The van der Waals surface area contributed by atoms with Crippen molar-refractivity contribution in [1.82, 2.24) is 10.3 Å². The Morgan fingerprint density at radius 3 is 2.82 bits per heavy atom. The summed E-state index contributed by atoms with van der Waals surface area (Å²) in [5, 5.41) is 6.71. The van der Waals surface area contributed by atoms with E-state index in [0.717, 1.165) is 10.7 Å². The molecule has 0 bridgehead atoms. The van der Waals surface area contributed by atoms with Crippen molar-refractivity contribution in [3.8, 4) is 0 Å². The molecule has 1 amide bonds. The second-order valence-corrected chi connectivity index (χ2v) is 5.24. The lowest BCUT2D eigenvalue weighted by molar-refractivity contribution is 0.0692. The van der Waals surface area contributed by atoms with Gasteiger partial charge in [-0.1, -0.05) is 18.2 Å². The number of hydrogen-bond donors (Lipinski definition) is 2. The van der Waals surface area contributed by atoms with Crippen LogP contribution in [0.15, 0.2) is 35.8 Å². The van der Waals surface area contributed by atoms with Crippen LogP contribution in [0.1, 0.15) is 10.5 Å². The molecule has 0 saturated heterocycles. The maximum Gasteiger partial charge on any atom is 0.273 e. The van der Waals surface area contributed by atoms with Crippen molar-refractivity contribution >= 4 is 27.9 Å². The highest BCUT2D eigenvalue weighted by Crippen LogP contribution is 2.24. The van der Waals surface area contributed by atoms with Gasteiger partial charge in [-0.05, 0) is 12.1 Å². The fourth-order valence-electron chi connectivity index (χ4n) is 1.71. The van der Waals surface area contributed by atoms with E-state index in [2.05, 4.69) is 15.6 Å². The number of anilines is 2. The monoisotopic (exact) mass is 321 g/mol. The average molecular weight is 321 g/mol. The van der Waals surface area contributed by atoms with Gasteiger partial charge in [0.2, 0.25) is 0 Å². The molecule has 22 heavy (non-hydrogen) atoms. The van der Waals surface area contributed by atoms with Crippen molar-refractivity contribution in [2.45, 2.75) is 0 Å². The number of methoxy groups -OCH3 is 1. The molecule has 1 aromatic heterocycles. The second-order valence-electron chi connectivity index (χ2n) is 4.38. The van der Waals surface area contributed by atoms with Crippen LogP contribution in [-0.2, 0) is 9.47 Å². The first-order valence-electron chi connectivity index (χ1n) is 6.91. The maximum atomic E-state index is 12.1. The molecule has 1 heterocycles. The summed E-state index contributed by atoms with van der Waals surface area (Å²) in [5.41, 5.74) is 2.96. The number of hydrogen-bond acceptors (Lipinski definition) is 6. The number of benzene rings is 1. The fourth-order valence-corrected chi connectivity index (χ4v) is 2.41. The number of para-hydroxylation sites is 1.